The Kier molecular flexibility index (Phi) is 4.72. The van der Waals surface area contributed by atoms with Crippen LogP contribution in [0.15, 0.2) is 28.9 Å². The summed E-state index contributed by atoms with van der Waals surface area (Å²) in [6.07, 6.45) is -1.69. The van der Waals surface area contributed by atoms with Crippen LogP contribution in [-0.2, 0) is 4.74 Å². The topological polar surface area (TPSA) is 164 Å². The van der Waals surface area contributed by atoms with Crippen molar-refractivity contribution in [2.24, 2.45) is 5.10 Å². The first kappa shape index (κ1) is 17.8. The van der Waals surface area contributed by atoms with Crippen LogP contribution in [0.5, 0.6) is 0 Å². The van der Waals surface area contributed by atoms with Crippen LogP contribution in [0.4, 0.5) is 11.8 Å². The van der Waals surface area contributed by atoms with Gasteiger partial charge in [0.1, 0.15) is 24.6 Å². The lowest BCUT2D eigenvalue weighted by Crippen LogP contribution is -2.33. The van der Waals surface area contributed by atoms with Gasteiger partial charge in [-0.1, -0.05) is 6.07 Å². The number of hydrogen-bond acceptors (Lipinski definition) is 11. The van der Waals surface area contributed by atoms with Crippen molar-refractivity contribution in [2.75, 3.05) is 17.8 Å². The molecule has 0 spiro atoms. The first-order chi connectivity index (χ1) is 13.1. The number of ether oxygens (including phenoxy) is 1. The minimum absolute atomic E-state index is 0.149. The minimum atomic E-state index is -1.31. The van der Waals surface area contributed by atoms with Crippen molar-refractivity contribution in [2.45, 2.75) is 24.5 Å². The Balaban J connectivity index is 1.74. The van der Waals surface area contributed by atoms with Gasteiger partial charge in [0.25, 0.3) is 0 Å². The number of nitrogens with two attached hydrogens (primary N) is 1. The summed E-state index contributed by atoms with van der Waals surface area (Å²) in [4.78, 5) is 13.3. The zero-order valence-electron chi connectivity index (χ0n) is 13.9. The van der Waals surface area contributed by atoms with Gasteiger partial charge in [0.05, 0.1) is 12.8 Å². The molecule has 3 aromatic rings. The van der Waals surface area contributed by atoms with Gasteiger partial charge in [-0.05, 0) is 11.4 Å². The van der Waals surface area contributed by atoms with Gasteiger partial charge in [-0.2, -0.15) is 5.10 Å². The standard InChI is InChI=1S/C15H17N7O4S/c16-12-9-13(18-6-17-12)22(14-11(25)10(24)8(5-23)26-14)15(20-9)21-19-4-7-2-1-3-27-7/h1-4,6,8,10-11,14,23-25H,5H2,(H,20,21)(H2,16,17,18)/b19-4-/t8-,10+,11+,14-/m0/s1. The van der Waals surface area contributed by atoms with E-state index in [1.165, 1.54) is 22.2 Å². The summed E-state index contributed by atoms with van der Waals surface area (Å²) in [6.45, 7) is -0.447. The highest BCUT2D eigenvalue weighted by molar-refractivity contribution is 7.11. The third-order valence-electron chi connectivity index (χ3n) is 4.18. The lowest BCUT2D eigenvalue weighted by Gasteiger charge is -2.18. The van der Waals surface area contributed by atoms with Crippen molar-refractivity contribution in [3.05, 3.63) is 28.7 Å². The van der Waals surface area contributed by atoms with E-state index in [0.29, 0.717) is 11.2 Å². The van der Waals surface area contributed by atoms with Gasteiger partial charge in [-0.3, -0.25) is 4.57 Å². The van der Waals surface area contributed by atoms with Gasteiger partial charge in [-0.15, -0.1) is 11.3 Å². The Morgan fingerprint density at radius 1 is 1.37 bits per heavy atom. The molecule has 0 amide bonds. The number of nitrogens with zero attached hydrogens (tertiary/aromatic N) is 5. The number of fused-ring (bicyclic) bond motifs is 1. The molecule has 3 aromatic heterocycles. The number of rotatable bonds is 5. The summed E-state index contributed by atoms with van der Waals surface area (Å²) in [5.74, 6) is 0.343. The molecular weight excluding hydrogens is 374 g/mol. The molecule has 12 heteroatoms. The maximum Gasteiger partial charge on any atom is 0.228 e. The number of aliphatic hydroxyl groups excluding tert-OH is 3. The predicted octanol–water partition coefficient (Wildman–Crippen LogP) is -0.473. The highest BCUT2D eigenvalue weighted by atomic mass is 32.1. The fourth-order valence-corrected chi connectivity index (χ4v) is 3.44. The number of anilines is 2. The second-order valence-electron chi connectivity index (χ2n) is 5.85. The second kappa shape index (κ2) is 7.17. The van der Waals surface area contributed by atoms with E-state index in [1.54, 1.807) is 6.21 Å². The molecule has 0 aromatic carbocycles. The van der Waals surface area contributed by atoms with Crippen molar-refractivity contribution < 1.29 is 20.1 Å². The van der Waals surface area contributed by atoms with E-state index in [1.807, 2.05) is 17.5 Å². The first-order valence-electron chi connectivity index (χ1n) is 8.03. The number of hydrogen-bond donors (Lipinski definition) is 5. The Bertz CT molecular complexity index is 961. The molecule has 0 radical (unpaired) electrons. The highest BCUT2D eigenvalue weighted by Crippen LogP contribution is 2.35. The van der Waals surface area contributed by atoms with Crippen LogP contribution in [0.3, 0.4) is 0 Å². The molecule has 6 N–H and O–H groups in total. The van der Waals surface area contributed by atoms with Gasteiger partial charge >= 0.3 is 0 Å². The van der Waals surface area contributed by atoms with Crippen LogP contribution in [0.25, 0.3) is 11.2 Å². The molecule has 4 atom stereocenters. The van der Waals surface area contributed by atoms with E-state index in [-0.39, 0.29) is 11.8 Å². The number of nitrogen functional groups attached to an aromatic ring is 1. The molecule has 4 heterocycles. The molecule has 0 saturated carbocycles. The number of imidazole rings is 1. The predicted molar refractivity (Wildman–Crippen MR) is 98.3 cm³/mol. The van der Waals surface area contributed by atoms with Crippen LogP contribution in [0.2, 0.25) is 0 Å². The van der Waals surface area contributed by atoms with E-state index in [0.717, 1.165) is 4.88 Å². The van der Waals surface area contributed by atoms with Crippen molar-refractivity contribution in [1.29, 1.82) is 0 Å². The van der Waals surface area contributed by atoms with E-state index in [2.05, 4.69) is 25.5 Å². The van der Waals surface area contributed by atoms with E-state index in [4.69, 9.17) is 10.5 Å². The van der Waals surface area contributed by atoms with Gasteiger partial charge in [-0.25, -0.2) is 20.4 Å². The van der Waals surface area contributed by atoms with Crippen molar-refractivity contribution >= 4 is 40.5 Å². The third-order valence-corrected chi connectivity index (χ3v) is 4.98. The lowest BCUT2D eigenvalue weighted by molar-refractivity contribution is -0.0501. The Labute approximate surface area is 156 Å². The quantitative estimate of drug-likeness (QED) is 0.285. The third kappa shape index (κ3) is 3.13. The summed E-state index contributed by atoms with van der Waals surface area (Å²) in [6, 6.07) is 3.80. The molecule has 27 heavy (non-hydrogen) atoms. The smallest absolute Gasteiger partial charge is 0.228 e. The molecule has 1 saturated heterocycles. The zero-order valence-corrected chi connectivity index (χ0v) is 14.7. The normalized spacial score (nSPS) is 25.6. The van der Waals surface area contributed by atoms with Crippen LogP contribution in [0.1, 0.15) is 11.1 Å². The largest absolute Gasteiger partial charge is 0.394 e. The van der Waals surface area contributed by atoms with Crippen molar-refractivity contribution in [1.82, 2.24) is 19.5 Å². The monoisotopic (exact) mass is 391 g/mol. The zero-order chi connectivity index (χ0) is 19.0. The van der Waals surface area contributed by atoms with Crippen LogP contribution < -0.4 is 11.2 Å². The molecule has 0 aliphatic carbocycles. The van der Waals surface area contributed by atoms with Gasteiger partial charge in [0.2, 0.25) is 5.95 Å². The Hall–Kier alpha value is -2.64. The molecule has 1 aliphatic heterocycles. The number of thiophene rings is 1. The molecule has 1 aliphatic rings. The SMILES string of the molecule is Nc1ncnc2c1nc(N/N=C\c1cccs1)n2[C@H]1O[C@@H](CO)[C@@H](O)[C@H]1O. The molecule has 0 unspecified atom stereocenters. The van der Waals surface area contributed by atoms with E-state index < -0.39 is 31.1 Å². The first-order valence-corrected chi connectivity index (χ1v) is 8.91. The number of aromatic nitrogens is 4. The van der Waals surface area contributed by atoms with Gasteiger partial charge in [0, 0.05) is 4.88 Å². The maximum absolute atomic E-state index is 10.4. The fraction of sp³-hybridized carbons (Fsp3) is 0.333. The average Bonchev–Trinajstić information content (AvgIpc) is 3.36. The summed E-state index contributed by atoms with van der Waals surface area (Å²) in [5, 5.41) is 35.9. The summed E-state index contributed by atoms with van der Waals surface area (Å²) >= 11 is 1.51. The van der Waals surface area contributed by atoms with Gasteiger partial charge in [0.15, 0.2) is 23.2 Å². The van der Waals surface area contributed by atoms with Crippen LogP contribution >= 0.6 is 11.3 Å². The number of aliphatic hydroxyl groups is 3. The van der Waals surface area contributed by atoms with E-state index in [9.17, 15) is 15.3 Å². The molecule has 142 valence electrons. The van der Waals surface area contributed by atoms with Gasteiger partial charge < -0.3 is 25.8 Å². The Morgan fingerprint density at radius 3 is 2.93 bits per heavy atom. The van der Waals surface area contributed by atoms with Crippen molar-refractivity contribution in [3.8, 4) is 0 Å². The second-order valence-corrected chi connectivity index (χ2v) is 6.83. The minimum Gasteiger partial charge on any atom is -0.394 e. The number of nitrogens with one attached hydrogen (secondary N) is 1. The molecule has 11 nitrogen and oxygen atoms in total. The van der Waals surface area contributed by atoms with Crippen LogP contribution in [0, 0.1) is 0 Å². The molecule has 0 bridgehead atoms. The highest BCUT2D eigenvalue weighted by Gasteiger charge is 2.45. The molecular formula is C15H17N7O4S. The van der Waals surface area contributed by atoms with Crippen LogP contribution in [-0.4, -0.2) is 66.0 Å². The fourth-order valence-electron chi connectivity index (χ4n) is 2.86. The number of hydrazone groups is 1. The molecule has 4 rings (SSSR count). The maximum atomic E-state index is 10.4. The van der Waals surface area contributed by atoms with Crippen molar-refractivity contribution in [3.63, 3.8) is 0 Å². The summed E-state index contributed by atoms with van der Waals surface area (Å²) < 4.78 is 7.04. The summed E-state index contributed by atoms with van der Waals surface area (Å²) in [7, 11) is 0. The Morgan fingerprint density at radius 2 is 2.22 bits per heavy atom. The lowest BCUT2D eigenvalue weighted by atomic mass is 10.1. The average molecular weight is 391 g/mol. The van der Waals surface area contributed by atoms with E-state index >= 15 is 0 Å². The molecule has 1 fully saturated rings. The summed E-state index contributed by atoms with van der Waals surface area (Å²) in [5.41, 5.74) is 9.25.